The van der Waals surface area contributed by atoms with E-state index in [4.69, 9.17) is 16.0 Å². The number of aromatic carboxylic acids is 1. The lowest BCUT2D eigenvalue weighted by molar-refractivity contribution is 0.0697. The van der Waals surface area contributed by atoms with Gasteiger partial charge in [-0.3, -0.25) is 0 Å². The van der Waals surface area contributed by atoms with E-state index in [2.05, 4.69) is 10.3 Å². The summed E-state index contributed by atoms with van der Waals surface area (Å²) < 4.78 is 19.4. The Morgan fingerprint density at radius 2 is 2.04 bits per heavy atom. The molecule has 0 aliphatic carbocycles. The summed E-state index contributed by atoms with van der Waals surface area (Å²) >= 11 is 5.99. The topological polar surface area (TPSA) is 75.4 Å². The predicted octanol–water partition coefficient (Wildman–Crippen LogP) is 5.09. The van der Waals surface area contributed by atoms with Crippen molar-refractivity contribution in [2.45, 2.75) is 13.8 Å². The molecule has 5 nitrogen and oxygen atoms in total. The fourth-order valence-electron chi connectivity index (χ4n) is 1.95. The highest BCUT2D eigenvalue weighted by atomic mass is 35.5. The monoisotopic (exact) mass is 336 g/mol. The molecule has 0 aliphatic rings. The fraction of sp³-hybridized carbons (Fsp3) is 0.125. The standard InChI is InChI=1S/C14H8ClFN2O3.C2H6/c15-8-3-1-2-4-9(8)18-12-7(14(19)20)5-10-13(11(12)16)17-6-21-10;1-2/h1-6,18H,(H,19,20);1-2H3. The summed E-state index contributed by atoms with van der Waals surface area (Å²) in [6, 6.07) is 7.84. The maximum atomic E-state index is 14.4. The van der Waals surface area contributed by atoms with E-state index in [1.165, 1.54) is 6.07 Å². The SMILES string of the molecule is CC.O=C(O)c1cc2ocnc2c(F)c1Nc1ccccc1Cl. The minimum atomic E-state index is -1.29. The number of hydrogen-bond donors (Lipinski definition) is 2. The molecule has 3 rings (SSSR count). The van der Waals surface area contributed by atoms with Crippen molar-refractivity contribution in [2.75, 3.05) is 5.32 Å². The molecule has 3 aromatic rings. The Kier molecular flexibility index (Phi) is 5.18. The van der Waals surface area contributed by atoms with E-state index >= 15 is 0 Å². The highest BCUT2D eigenvalue weighted by molar-refractivity contribution is 6.33. The number of nitrogens with zero attached hydrogens (tertiary/aromatic N) is 1. The molecule has 0 fully saturated rings. The number of benzene rings is 2. The highest BCUT2D eigenvalue weighted by Crippen LogP contribution is 2.32. The summed E-state index contributed by atoms with van der Waals surface area (Å²) in [5.41, 5.74) is -0.0683. The van der Waals surface area contributed by atoms with Gasteiger partial charge in [-0.25, -0.2) is 14.2 Å². The molecule has 120 valence electrons. The van der Waals surface area contributed by atoms with Crippen LogP contribution in [0.1, 0.15) is 24.2 Å². The van der Waals surface area contributed by atoms with E-state index in [0.717, 1.165) is 6.39 Å². The molecule has 23 heavy (non-hydrogen) atoms. The van der Waals surface area contributed by atoms with Gasteiger partial charge in [0.25, 0.3) is 0 Å². The lowest BCUT2D eigenvalue weighted by Crippen LogP contribution is -2.06. The Morgan fingerprint density at radius 1 is 1.35 bits per heavy atom. The third kappa shape index (κ3) is 3.27. The Hall–Kier alpha value is -2.60. The third-order valence-corrected chi connectivity index (χ3v) is 3.26. The first-order chi connectivity index (χ1) is 11.1. The maximum absolute atomic E-state index is 14.4. The average molecular weight is 337 g/mol. The second-order valence-corrected chi connectivity index (χ2v) is 4.63. The van der Waals surface area contributed by atoms with Crippen LogP contribution in [0, 0.1) is 5.82 Å². The van der Waals surface area contributed by atoms with Crippen molar-refractivity contribution in [3.63, 3.8) is 0 Å². The van der Waals surface area contributed by atoms with Crippen LogP contribution < -0.4 is 5.32 Å². The van der Waals surface area contributed by atoms with Gasteiger partial charge in [0, 0.05) is 0 Å². The molecule has 2 N–H and O–H groups in total. The number of para-hydroxylation sites is 1. The van der Waals surface area contributed by atoms with Crippen molar-refractivity contribution in [1.82, 2.24) is 4.98 Å². The summed E-state index contributed by atoms with van der Waals surface area (Å²) in [4.78, 5) is 15.0. The van der Waals surface area contributed by atoms with E-state index in [1.807, 2.05) is 13.8 Å². The zero-order chi connectivity index (χ0) is 17.0. The Labute approximate surface area is 136 Å². The van der Waals surface area contributed by atoms with Gasteiger partial charge in [0.05, 0.1) is 22.0 Å². The van der Waals surface area contributed by atoms with Crippen LogP contribution in [-0.2, 0) is 0 Å². The molecule has 0 unspecified atom stereocenters. The van der Waals surface area contributed by atoms with Crippen LogP contribution in [0.5, 0.6) is 0 Å². The quantitative estimate of drug-likeness (QED) is 0.696. The summed E-state index contributed by atoms with van der Waals surface area (Å²) in [5.74, 6) is -2.10. The maximum Gasteiger partial charge on any atom is 0.338 e. The molecule has 0 spiro atoms. The van der Waals surface area contributed by atoms with Gasteiger partial charge in [-0.2, -0.15) is 0 Å². The van der Waals surface area contributed by atoms with Crippen molar-refractivity contribution in [3.05, 3.63) is 53.1 Å². The fourth-order valence-corrected chi connectivity index (χ4v) is 2.13. The van der Waals surface area contributed by atoms with Crippen LogP contribution in [0.4, 0.5) is 15.8 Å². The van der Waals surface area contributed by atoms with Gasteiger partial charge >= 0.3 is 5.97 Å². The molecule has 0 aliphatic heterocycles. The minimum absolute atomic E-state index is 0.0467. The van der Waals surface area contributed by atoms with Gasteiger partial charge in [0.15, 0.2) is 17.8 Å². The molecule has 1 aromatic heterocycles. The van der Waals surface area contributed by atoms with Crippen LogP contribution in [-0.4, -0.2) is 16.1 Å². The van der Waals surface area contributed by atoms with Crippen LogP contribution in [0.25, 0.3) is 11.1 Å². The lowest BCUT2D eigenvalue weighted by Gasteiger charge is -2.12. The van der Waals surface area contributed by atoms with Gasteiger partial charge in [0.1, 0.15) is 5.52 Å². The zero-order valence-corrected chi connectivity index (χ0v) is 13.2. The van der Waals surface area contributed by atoms with Crippen LogP contribution in [0.15, 0.2) is 41.1 Å². The molecule has 0 saturated carbocycles. The van der Waals surface area contributed by atoms with E-state index in [0.29, 0.717) is 10.7 Å². The molecule has 0 atom stereocenters. The third-order valence-electron chi connectivity index (χ3n) is 2.93. The van der Waals surface area contributed by atoms with Crippen molar-refractivity contribution < 1.29 is 18.7 Å². The van der Waals surface area contributed by atoms with Crippen LogP contribution >= 0.6 is 11.6 Å². The van der Waals surface area contributed by atoms with Crippen LogP contribution in [0.2, 0.25) is 5.02 Å². The van der Waals surface area contributed by atoms with Crippen molar-refractivity contribution in [2.24, 2.45) is 0 Å². The number of nitrogens with one attached hydrogen (secondary N) is 1. The molecule has 0 saturated heterocycles. The van der Waals surface area contributed by atoms with Gasteiger partial charge < -0.3 is 14.8 Å². The Morgan fingerprint density at radius 3 is 2.70 bits per heavy atom. The second kappa shape index (κ2) is 7.11. The molecule has 0 amide bonds. The smallest absolute Gasteiger partial charge is 0.338 e. The first-order valence-corrected chi connectivity index (χ1v) is 7.26. The number of carboxylic acids is 1. The minimum Gasteiger partial charge on any atom is -0.478 e. The highest BCUT2D eigenvalue weighted by Gasteiger charge is 2.21. The summed E-state index contributed by atoms with van der Waals surface area (Å²) in [6.45, 7) is 4.00. The van der Waals surface area contributed by atoms with E-state index < -0.39 is 11.8 Å². The largest absolute Gasteiger partial charge is 0.478 e. The normalized spacial score (nSPS) is 10.1. The number of rotatable bonds is 3. The number of carbonyl (C=O) groups is 1. The van der Waals surface area contributed by atoms with E-state index in [-0.39, 0.29) is 22.4 Å². The molecular formula is C16H14ClFN2O3. The van der Waals surface area contributed by atoms with Gasteiger partial charge in [-0.05, 0) is 18.2 Å². The summed E-state index contributed by atoms with van der Waals surface area (Å²) in [6.07, 6.45) is 1.05. The average Bonchev–Trinajstić information content (AvgIpc) is 3.02. The number of halogens is 2. The van der Waals surface area contributed by atoms with E-state index in [9.17, 15) is 14.3 Å². The van der Waals surface area contributed by atoms with Gasteiger partial charge in [-0.1, -0.05) is 37.6 Å². The van der Waals surface area contributed by atoms with Gasteiger partial charge in [0.2, 0.25) is 0 Å². The lowest BCUT2D eigenvalue weighted by atomic mass is 10.1. The zero-order valence-electron chi connectivity index (χ0n) is 12.4. The predicted molar refractivity (Wildman–Crippen MR) is 87.0 cm³/mol. The number of hydrogen-bond acceptors (Lipinski definition) is 4. The van der Waals surface area contributed by atoms with Crippen molar-refractivity contribution >= 4 is 40.0 Å². The number of oxazole rings is 1. The number of aromatic nitrogens is 1. The van der Waals surface area contributed by atoms with Gasteiger partial charge in [-0.15, -0.1) is 0 Å². The molecule has 0 bridgehead atoms. The summed E-state index contributed by atoms with van der Waals surface area (Å²) in [7, 11) is 0. The molecule has 7 heteroatoms. The first-order valence-electron chi connectivity index (χ1n) is 6.88. The second-order valence-electron chi connectivity index (χ2n) is 4.22. The first kappa shape index (κ1) is 16.8. The molecule has 1 heterocycles. The number of anilines is 2. The van der Waals surface area contributed by atoms with Crippen LogP contribution in [0.3, 0.4) is 0 Å². The van der Waals surface area contributed by atoms with Crippen molar-refractivity contribution in [3.8, 4) is 0 Å². The number of carboxylic acid groups (broad SMARTS) is 1. The number of fused-ring (bicyclic) bond motifs is 1. The summed E-state index contributed by atoms with van der Waals surface area (Å²) in [5, 5.41) is 12.3. The Balaban J connectivity index is 0.000000924. The van der Waals surface area contributed by atoms with E-state index in [1.54, 1.807) is 24.3 Å². The molecule has 0 radical (unpaired) electrons. The molecule has 2 aromatic carbocycles. The van der Waals surface area contributed by atoms with Crippen molar-refractivity contribution in [1.29, 1.82) is 0 Å². The Bertz CT molecular complexity index is 848. The molecular weight excluding hydrogens is 323 g/mol.